The Kier molecular flexibility index (Phi) is 3.62. The Balaban J connectivity index is 0.00000128. The second-order valence-corrected chi connectivity index (χ2v) is 5.70. The molecule has 0 bridgehead atoms. The molecule has 1 saturated heterocycles. The van der Waals surface area contributed by atoms with Gasteiger partial charge in [-0.3, -0.25) is 0 Å². The van der Waals surface area contributed by atoms with E-state index in [1.807, 2.05) is 0 Å². The van der Waals surface area contributed by atoms with Gasteiger partial charge in [0.2, 0.25) is 0 Å². The van der Waals surface area contributed by atoms with Crippen molar-refractivity contribution in [2.24, 2.45) is 15.8 Å². The van der Waals surface area contributed by atoms with Crippen LogP contribution in [0.1, 0.15) is 40.5 Å². The first-order valence-electron chi connectivity index (χ1n) is 5.78. The monoisotopic (exact) mass is 213 g/mol. The van der Waals surface area contributed by atoms with E-state index in [-0.39, 0.29) is 35.5 Å². The van der Waals surface area contributed by atoms with Gasteiger partial charge >= 0.3 is 18.9 Å². The van der Waals surface area contributed by atoms with Crippen molar-refractivity contribution in [2.45, 2.75) is 40.5 Å². The SMILES string of the molecule is CC1(C)C(=[N-])N=C(N2CCCC2)C1(C)C.[Li+]. The molecule has 3 nitrogen and oxygen atoms in total. The van der Waals surface area contributed by atoms with Gasteiger partial charge in [0.25, 0.3) is 0 Å². The maximum atomic E-state index is 9.93. The molecule has 0 amide bonds. The average Bonchev–Trinajstić information content (AvgIpc) is 2.69. The number of amidine groups is 2. The normalized spacial score (nSPS) is 26.6. The Labute approximate surface area is 110 Å². The van der Waals surface area contributed by atoms with E-state index in [0.29, 0.717) is 0 Å². The molecule has 2 rings (SSSR count). The Morgan fingerprint density at radius 2 is 1.56 bits per heavy atom. The average molecular weight is 213 g/mol. The summed E-state index contributed by atoms with van der Waals surface area (Å²) < 4.78 is 0. The first-order valence-corrected chi connectivity index (χ1v) is 5.78. The van der Waals surface area contributed by atoms with Crippen LogP contribution in [-0.4, -0.2) is 29.7 Å². The predicted molar refractivity (Wildman–Crippen MR) is 64.2 cm³/mol. The van der Waals surface area contributed by atoms with E-state index in [2.05, 4.69) is 37.6 Å². The number of rotatable bonds is 0. The molecule has 2 aliphatic rings. The predicted octanol–water partition coefficient (Wildman–Crippen LogP) is -0.481. The smallest absolute Gasteiger partial charge is 0.468 e. The van der Waals surface area contributed by atoms with Gasteiger partial charge in [-0.15, -0.1) is 0 Å². The van der Waals surface area contributed by atoms with Gasteiger partial charge in [-0.05, 0) is 18.3 Å². The van der Waals surface area contributed by atoms with Crippen LogP contribution in [0.15, 0.2) is 4.99 Å². The Morgan fingerprint density at radius 3 is 1.94 bits per heavy atom. The Bertz CT molecular complexity index is 325. The summed E-state index contributed by atoms with van der Waals surface area (Å²) in [7, 11) is 0. The molecule has 0 aromatic carbocycles. The van der Waals surface area contributed by atoms with Crippen molar-refractivity contribution in [3.05, 3.63) is 5.41 Å². The Morgan fingerprint density at radius 1 is 1.06 bits per heavy atom. The number of hydrogen-bond acceptors (Lipinski definition) is 1. The third kappa shape index (κ3) is 1.75. The quantitative estimate of drug-likeness (QED) is 0.501. The van der Waals surface area contributed by atoms with E-state index in [1.54, 1.807) is 0 Å². The minimum Gasteiger partial charge on any atom is -0.468 e. The summed E-state index contributed by atoms with van der Waals surface area (Å²) in [4.78, 5) is 6.72. The van der Waals surface area contributed by atoms with E-state index in [1.165, 1.54) is 12.8 Å². The maximum absolute atomic E-state index is 9.93. The van der Waals surface area contributed by atoms with E-state index < -0.39 is 0 Å². The molecule has 0 aromatic heterocycles. The van der Waals surface area contributed by atoms with Gasteiger partial charge in [0.05, 0.1) is 0 Å². The molecular weight excluding hydrogens is 193 g/mol. The fourth-order valence-electron chi connectivity index (χ4n) is 2.33. The van der Waals surface area contributed by atoms with Crippen LogP contribution < -0.4 is 18.9 Å². The largest absolute Gasteiger partial charge is 1.00 e. The fraction of sp³-hybridized carbons (Fsp3) is 0.833. The van der Waals surface area contributed by atoms with Crippen LogP contribution in [0.25, 0.3) is 5.41 Å². The minimum atomic E-state index is -0.245. The number of nitrogens with zero attached hydrogens (tertiary/aromatic N) is 3. The second-order valence-electron chi connectivity index (χ2n) is 5.70. The zero-order chi connectivity index (χ0) is 11.3. The molecule has 16 heavy (non-hydrogen) atoms. The number of likely N-dealkylation sites (tertiary alicyclic amines) is 1. The molecule has 0 aromatic rings. The first-order chi connectivity index (χ1) is 6.87. The van der Waals surface area contributed by atoms with Crippen molar-refractivity contribution in [3.63, 3.8) is 0 Å². The summed E-state index contributed by atoms with van der Waals surface area (Å²) in [6, 6.07) is 0. The first kappa shape index (κ1) is 13.8. The third-order valence-corrected chi connectivity index (χ3v) is 4.30. The Hall–Kier alpha value is -0.263. The van der Waals surface area contributed by atoms with Gasteiger partial charge in [-0.1, -0.05) is 33.5 Å². The molecule has 0 atom stereocenters. The summed E-state index contributed by atoms with van der Waals surface area (Å²) in [5, 5.41) is 9.93. The van der Waals surface area contributed by atoms with Gasteiger partial charge in [0, 0.05) is 24.3 Å². The molecule has 2 aliphatic heterocycles. The summed E-state index contributed by atoms with van der Waals surface area (Å²) >= 11 is 0. The van der Waals surface area contributed by atoms with E-state index >= 15 is 0 Å². The molecule has 0 aliphatic carbocycles. The summed E-state index contributed by atoms with van der Waals surface area (Å²) in [5.41, 5.74) is -0.313. The van der Waals surface area contributed by atoms with Crippen molar-refractivity contribution in [1.29, 1.82) is 0 Å². The molecule has 4 heteroatoms. The molecule has 0 spiro atoms. The van der Waals surface area contributed by atoms with E-state index in [4.69, 9.17) is 0 Å². The zero-order valence-electron chi connectivity index (χ0n) is 11.2. The van der Waals surface area contributed by atoms with Crippen LogP contribution in [0.2, 0.25) is 0 Å². The van der Waals surface area contributed by atoms with Crippen molar-refractivity contribution < 1.29 is 18.9 Å². The topological polar surface area (TPSA) is 37.9 Å². The molecule has 1 fully saturated rings. The van der Waals surface area contributed by atoms with E-state index in [0.717, 1.165) is 18.9 Å². The van der Waals surface area contributed by atoms with Crippen molar-refractivity contribution in [1.82, 2.24) is 4.90 Å². The molecule has 0 N–H and O–H groups in total. The van der Waals surface area contributed by atoms with Crippen molar-refractivity contribution in [2.75, 3.05) is 13.1 Å². The minimum absolute atomic E-state index is 0. The summed E-state index contributed by atoms with van der Waals surface area (Å²) in [5.74, 6) is 1.36. The molecule has 84 valence electrons. The summed E-state index contributed by atoms with van der Waals surface area (Å²) in [6.07, 6.45) is 2.49. The standard InChI is InChI=1S/C12H20N3.Li/c1-11(2)9(13)14-10(12(11,3)4)15-7-5-6-8-15;/h5-8H2,1-4H3;/q-1;+1. The fourth-order valence-corrected chi connectivity index (χ4v) is 2.33. The maximum Gasteiger partial charge on any atom is 1.00 e. The number of hydrogen-bond donors (Lipinski definition) is 0. The van der Waals surface area contributed by atoms with Crippen LogP contribution in [-0.2, 0) is 0 Å². The van der Waals surface area contributed by atoms with Gasteiger partial charge in [-0.2, -0.15) is 0 Å². The third-order valence-electron chi connectivity index (χ3n) is 4.30. The van der Waals surface area contributed by atoms with Crippen LogP contribution in [0.5, 0.6) is 0 Å². The van der Waals surface area contributed by atoms with Crippen LogP contribution in [0.3, 0.4) is 0 Å². The summed E-state index contributed by atoms with van der Waals surface area (Å²) in [6.45, 7) is 10.7. The second kappa shape index (κ2) is 4.20. The molecule has 2 heterocycles. The van der Waals surface area contributed by atoms with Gasteiger partial charge in [0.1, 0.15) is 0 Å². The van der Waals surface area contributed by atoms with E-state index in [9.17, 15) is 5.41 Å². The van der Waals surface area contributed by atoms with Crippen LogP contribution in [0, 0.1) is 10.8 Å². The van der Waals surface area contributed by atoms with Crippen LogP contribution in [0.4, 0.5) is 0 Å². The van der Waals surface area contributed by atoms with Gasteiger partial charge in [0.15, 0.2) is 0 Å². The van der Waals surface area contributed by atoms with Crippen LogP contribution >= 0.6 is 0 Å². The van der Waals surface area contributed by atoms with Gasteiger partial charge < -0.3 is 15.3 Å². The zero-order valence-corrected chi connectivity index (χ0v) is 11.2. The molecule has 0 radical (unpaired) electrons. The van der Waals surface area contributed by atoms with Crippen molar-refractivity contribution >= 4 is 11.7 Å². The molecular formula is C12H20LiN3. The van der Waals surface area contributed by atoms with Gasteiger partial charge in [-0.25, -0.2) is 0 Å². The van der Waals surface area contributed by atoms with Crippen molar-refractivity contribution in [3.8, 4) is 0 Å². The number of aliphatic imine (C=N–C) groups is 1. The molecule has 0 saturated carbocycles. The molecule has 0 unspecified atom stereocenters.